The molecule has 1 aliphatic carbocycles. The molecule has 0 saturated heterocycles. The lowest BCUT2D eigenvalue weighted by Gasteiger charge is -2.28. The number of aliphatic carboxylic acids is 1. The summed E-state index contributed by atoms with van der Waals surface area (Å²) in [6, 6.07) is -2.20. The van der Waals surface area contributed by atoms with Gasteiger partial charge in [0.1, 0.15) is 6.04 Å². The van der Waals surface area contributed by atoms with Crippen molar-refractivity contribution in [2.24, 2.45) is 0 Å². The summed E-state index contributed by atoms with van der Waals surface area (Å²) < 4.78 is 4.43. The lowest BCUT2D eigenvalue weighted by Crippen LogP contribution is -2.52. The second-order valence-electron chi connectivity index (χ2n) is 5.08. The molecule has 2 amide bonds. The Morgan fingerprint density at radius 1 is 1.29 bits per heavy atom. The van der Waals surface area contributed by atoms with Crippen molar-refractivity contribution in [3.63, 3.8) is 0 Å². The molecule has 8 nitrogen and oxygen atoms in total. The molecule has 1 fully saturated rings. The molecule has 120 valence electrons. The Morgan fingerprint density at radius 2 is 1.95 bits per heavy atom. The second-order valence-corrected chi connectivity index (χ2v) is 5.08. The minimum Gasteiger partial charge on any atom is -0.480 e. The van der Waals surface area contributed by atoms with Crippen molar-refractivity contribution < 1.29 is 29.3 Å². The predicted molar refractivity (Wildman–Crippen MR) is 72.6 cm³/mol. The summed E-state index contributed by atoms with van der Waals surface area (Å²) in [5, 5.41) is 23.6. The molecule has 0 aromatic carbocycles. The number of esters is 1. The fraction of sp³-hybridized carbons (Fsp3) is 0.769. The third-order valence-corrected chi connectivity index (χ3v) is 3.51. The monoisotopic (exact) mass is 302 g/mol. The van der Waals surface area contributed by atoms with E-state index in [9.17, 15) is 19.5 Å². The Balaban J connectivity index is 2.44. The van der Waals surface area contributed by atoms with E-state index in [1.807, 2.05) is 0 Å². The van der Waals surface area contributed by atoms with Gasteiger partial charge in [-0.2, -0.15) is 0 Å². The number of urea groups is 1. The smallest absolute Gasteiger partial charge is 0.326 e. The quantitative estimate of drug-likeness (QED) is 0.512. The van der Waals surface area contributed by atoms with E-state index in [0.717, 1.165) is 12.8 Å². The molecule has 1 saturated carbocycles. The largest absolute Gasteiger partial charge is 0.480 e. The number of carboxylic acids is 1. The van der Waals surface area contributed by atoms with Crippen LogP contribution in [0.2, 0.25) is 0 Å². The first-order valence-electron chi connectivity index (χ1n) is 6.98. The highest BCUT2D eigenvalue weighted by molar-refractivity contribution is 5.83. The van der Waals surface area contributed by atoms with E-state index >= 15 is 0 Å². The summed E-state index contributed by atoms with van der Waals surface area (Å²) in [6.45, 7) is 0. The highest BCUT2D eigenvalue weighted by Crippen LogP contribution is 2.18. The molecule has 0 spiro atoms. The van der Waals surface area contributed by atoms with Crippen LogP contribution in [0, 0.1) is 0 Å². The van der Waals surface area contributed by atoms with E-state index in [1.54, 1.807) is 0 Å². The molecular formula is C13H22N2O6. The number of aliphatic hydroxyl groups is 1. The summed E-state index contributed by atoms with van der Waals surface area (Å²) in [7, 11) is 1.21. The van der Waals surface area contributed by atoms with Gasteiger partial charge < -0.3 is 25.6 Å². The van der Waals surface area contributed by atoms with Crippen LogP contribution in [0.1, 0.15) is 38.5 Å². The van der Waals surface area contributed by atoms with Gasteiger partial charge in [0.25, 0.3) is 0 Å². The number of ether oxygens (including phenoxy) is 1. The first-order valence-corrected chi connectivity index (χ1v) is 6.98. The first kappa shape index (κ1) is 17.2. The van der Waals surface area contributed by atoms with Crippen molar-refractivity contribution in [1.29, 1.82) is 0 Å². The van der Waals surface area contributed by atoms with Crippen LogP contribution in [0.3, 0.4) is 0 Å². The number of aliphatic hydroxyl groups excluding tert-OH is 1. The SMILES string of the molecule is COC(=O)CC[C@@H](NC(=O)NC1CCCCC1O)C(=O)O. The fourth-order valence-corrected chi connectivity index (χ4v) is 2.27. The Labute approximate surface area is 122 Å². The highest BCUT2D eigenvalue weighted by atomic mass is 16.5. The summed E-state index contributed by atoms with van der Waals surface area (Å²) in [5.41, 5.74) is 0. The average molecular weight is 302 g/mol. The lowest BCUT2D eigenvalue weighted by atomic mass is 9.93. The van der Waals surface area contributed by atoms with Gasteiger partial charge in [-0.1, -0.05) is 12.8 Å². The van der Waals surface area contributed by atoms with Crippen LogP contribution < -0.4 is 10.6 Å². The normalized spacial score (nSPS) is 23.0. The number of nitrogens with one attached hydrogen (secondary N) is 2. The third-order valence-electron chi connectivity index (χ3n) is 3.51. The zero-order valence-corrected chi connectivity index (χ0v) is 12.0. The summed E-state index contributed by atoms with van der Waals surface area (Å²) in [4.78, 5) is 33.8. The van der Waals surface area contributed by atoms with Crippen molar-refractivity contribution in [3.05, 3.63) is 0 Å². The number of methoxy groups -OCH3 is 1. The predicted octanol–water partition coefficient (Wildman–Crippen LogP) is -0.00450. The number of carbonyl (C=O) groups excluding carboxylic acids is 2. The minimum absolute atomic E-state index is 0.0529. The van der Waals surface area contributed by atoms with Crippen LogP contribution in [0.5, 0.6) is 0 Å². The van der Waals surface area contributed by atoms with E-state index in [1.165, 1.54) is 7.11 Å². The summed E-state index contributed by atoms with van der Waals surface area (Å²) in [5.74, 6) is -1.76. The Bertz CT molecular complexity index is 387. The van der Waals surface area contributed by atoms with Crippen LogP contribution in [-0.4, -0.2) is 53.5 Å². The molecular weight excluding hydrogens is 280 g/mol. The van der Waals surface area contributed by atoms with Gasteiger partial charge in [0, 0.05) is 6.42 Å². The van der Waals surface area contributed by atoms with Crippen molar-refractivity contribution in [2.45, 2.75) is 56.7 Å². The van der Waals surface area contributed by atoms with Gasteiger partial charge >= 0.3 is 18.0 Å². The van der Waals surface area contributed by atoms with Crippen LogP contribution in [-0.2, 0) is 14.3 Å². The fourth-order valence-electron chi connectivity index (χ4n) is 2.27. The van der Waals surface area contributed by atoms with Crippen molar-refractivity contribution in [1.82, 2.24) is 10.6 Å². The average Bonchev–Trinajstić information content (AvgIpc) is 2.45. The summed E-state index contributed by atoms with van der Waals surface area (Å²) >= 11 is 0. The Kier molecular flexibility index (Phi) is 6.93. The number of hydrogen-bond acceptors (Lipinski definition) is 5. The number of carbonyl (C=O) groups is 3. The van der Waals surface area contributed by atoms with Gasteiger partial charge in [0.05, 0.1) is 19.3 Å². The van der Waals surface area contributed by atoms with Gasteiger partial charge in [0.2, 0.25) is 0 Å². The standard InChI is InChI=1S/C13H22N2O6/c1-21-11(17)7-6-9(12(18)19)15-13(20)14-8-4-2-3-5-10(8)16/h8-10,16H,2-7H2,1H3,(H,18,19)(H2,14,15,20)/t8?,9-,10?/m1/s1. The number of rotatable bonds is 6. The lowest BCUT2D eigenvalue weighted by molar-refractivity contribution is -0.142. The maximum atomic E-state index is 11.8. The third kappa shape index (κ3) is 5.99. The van der Waals surface area contributed by atoms with Crippen molar-refractivity contribution in [3.8, 4) is 0 Å². The molecule has 0 aromatic heterocycles. The molecule has 1 aliphatic rings. The number of carboxylic acid groups (broad SMARTS) is 1. The minimum atomic E-state index is -1.22. The van der Waals surface area contributed by atoms with E-state index in [-0.39, 0.29) is 18.9 Å². The van der Waals surface area contributed by atoms with Gasteiger partial charge in [-0.05, 0) is 19.3 Å². The van der Waals surface area contributed by atoms with Gasteiger partial charge in [-0.3, -0.25) is 4.79 Å². The van der Waals surface area contributed by atoms with Crippen LogP contribution in [0.25, 0.3) is 0 Å². The van der Waals surface area contributed by atoms with Crippen LogP contribution >= 0.6 is 0 Å². The zero-order chi connectivity index (χ0) is 15.8. The van der Waals surface area contributed by atoms with Crippen molar-refractivity contribution in [2.75, 3.05) is 7.11 Å². The topological polar surface area (TPSA) is 125 Å². The number of amides is 2. The van der Waals surface area contributed by atoms with Gasteiger partial charge in [-0.15, -0.1) is 0 Å². The molecule has 0 bridgehead atoms. The molecule has 2 unspecified atom stereocenters. The molecule has 8 heteroatoms. The molecule has 0 heterocycles. The maximum absolute atomic E-state index is 11.8. The molecule has 4 N–H and O–H groups in total. The van der Waals surface area contributed by atoms with Crippen LogP contribution in [0.15, 0.2) is 0 Å². The zero-order valence-electron chi connectivity index (χ0n) is 12.0. The van der Waals surface area contributed by atoms with Crippen LogP contribution in [0.4, 0.5) is 4.79 Å². The molecule has 1 rings (SSSR count). The second kappa shape index (κ2) is 8.46. The molecule has 0 radical (unpaired) electrons. The van der Waals surface area contributed by atoms with Crippen molar-refractivity contribution >= 4 is 18.0 Å². The summed E-state index contributed by atoms with van der Waals surface area (Å²) in [6.07, 6.45) is 2.35. The van der Waals surface area contributed by atoms with E-state index in [0.29, 0.717) is 12.8 Å². The van der Waals surface area contributed by atoms with E-state index < -0.39 is 30.1 Å². The van der Waals surface area contributed by atoms with E-state index in [4.69, 9.17) is 5.11 Å². The molecule has 3 atom stereocenters. The molecule has 0 aliphatic heterocycles. The molecule has 21 heavy (non-hydrogen) atoms. The van der Waals surface area contributed by atoms with Gasteiger partial charge in [0.15, 0.2) is 0 Å². The number of hydrogen-bond donors (Lipinski definition) is 4. The first-order chi connectivity index (χ1) is 9.93. The Hall–Kier alpha value is -1.83. The van der Waals surface area contributed by atoms with E-state index in [2.05, 4.69) is 15.4 Å². The van der Waals surface area contributed by atoms with Gasteiger partial charge in [-0.25, -0.2) is 9.59 Å². The Morgan fingerprint density at radius 3 is 2.52 bits per heavy atom. The maximum Gasteiger partial charge on any atom is 0.326 e. The molecule has 0 aromatic rings. The highest BCUT2D eigenvalue weighted by Gasteiger charge is 2.27.